The van der Waals surface area contributed by atoms with E-state index in [-0.39, 0.29) is 0 Å². The van der Waals surface area contributed by atoms with E-state index in [0.717, 1.165) is 11.5 Å². The Hall–Kier alpha value is -5.34. The summed E-state index contributed by atoms with van der Waals surface area (Å²) >= 11 is 0. The van der Waals surface area contributed by atoms with Gasteiger partial charge in [-0.3, -0.25) is 0 Å². The highest BCUT2D eigenvalue weighted by Gasteiger charge is 2.19. The molecule has 0 amide bonds. The van der Waals surface area contributed by atoms with E-state index in [2.05, 4.69) is 133 Å². The molecule has 200 valence electrons. The zero-order chi connectivity index (χ0) is 28.2. The number of methoxy groups -OCH3 is 2. The van der Waals surface area contributed by atoms with E-state index in [1.165, 1.54) is 76.1 Å². The summed E-state index contributed by atoms with van der Waals surface area (Å²) in [6, 6.07) is 47.9. The molecule has 0 saturated carbocycles. The van der Waals surface area contributed by atoms with Gasteiger partial charge >= 0.3 is 0 Å². The maximum atomic E-state index is 5.80. The monoisotopic (exact) mass is 540 g/mol. The van der Waals surface area contributed by atoms with Crippen LogP contribution >= 0.6 is 0 Å². The Labute approximate surface area is 244 Å². The highest BCUT2D eigenvalue weighted by Crippen LogP contribution is 2.47. The minimum absolute atomic E-state index is 0.845. The van der Waals surface area contributed by atoms with Crippen LogP contribution in [0.25, 0.3) is 76.1 Å². The summed E-state index contributed by atoms with van der Waals surface area (Å²) in [4.78, 5) is 0. The molecule has 0 fully saturated rings. The molecule has 2 nitrogen and oxygen atoms in total. The average molecular weight is 541 g/mol. The number of fused-ring (bicyclic) bond motifs is 10. The average Bonchev–Trinajstić information content (AvgIpc) is 3.07. The molecule has 8 aromatic carbocycles. The summed E-state index contributed by atoms with van der Waals surface area (Å²) in [6.45, 7) is 0. The zero-order valence-electron chi connectivity index (χ0n) is 23.5. The number of hydrogen-bond donors (Lipinski definition) is 0. The van der Waals surface area contributed by atoms with Crippen LogP contribution in [-0.4, -0.2) is 14.2 Å². The van der Waals surface area contributed by atoms with Crippen molar-refractivity contribution in [2.45, 2.75) is 0 Å². The third-order valence-electron chi connectivity index (χ3n) is 8.62. The molecule has 0 bridgehead atoms. The molecule has 0 aliphatic heterocycles. The Balaban J connectivity index is 1.69. The van der Waals surface area contributed by atoms with Gasteiger partial charge in [-0.2, -0.15) is 0 Å². The van der Waals surface area contributed by atoms with Crippen molar-refractivity contribution < 1.29 is 9.47 Å². The minimum Gasteiger partial charge on any atom is -0.497 e. The number of ether oxygens (including phenoxy) is 2. The molecule has 0 spiro atoms. The van der Waals surface area contributed by atoms with Crippen molar-refractivity contribution in [3.63, 3.8) is 0 Å². The first kappa shape index (κ1) is 24.5. The quantitative estimate of drug-likeness (QED) is 0.207. The Morgan fingerprint density at radius 1 is 0.333 bits per heavy atom. The first-order chi connectivity index (χ1) is 20.7. The highest BCUT2D eigenvalue weighted by molar-refractivity contribution is 6.38. The second-order valence-corrected chi connectivity index (χ2v) is 10.8. The lowest BCUT2D eigenvalue weighted by Crippen LogP contribution is -1.93. The van der Waals surface area contributed by atoms with Crippen LogP contribution < -0.4 is 9.47 Å². The molecule has 0 aliphatic carbocycles. The van der Waals surface area contributed by atoms with Crippen LogP contribution in [0.15, 0.2) is 133 Å². The minimum atomic E-state index is 0.845. The van der Waals surface area contributed by atoms with Gasteiger partial charge < -0.3 is 9.47 Å². The molecular formula is C40H28O2. The predicted octanol–water partition coefficient (Wildman–Crippen LogP) is 10.8. The fourth-order valence-electron chi connectivity index (χ4n) is 6.69. The third kappa shape index (κ3) is 3.65. The second kappa shape index (κ2) is 9.64. The maximum absolute atomic E-state index is 5.80. The smallest absolute Gasteiger partial charge is 0.119 e. The third-order valence-corrected chi connectivity index (χ3v) is 8.62. The molecule has 0 radical (unpaired) electrons. The van der Waals surface area contributed by atoms with Gasteiger partial charge in [-0.15, -0.1) is 0 Å². The van der Waals surface area contributed by atoms with Gasteiger partial charge in [-0.1, -0.05) is 97.1 Å². The molecule has 0 atom stereocenters. The molecule has 8 rings (SSSR count). The molecule has 2 heteroatoms. The predicted molar refractivity (Wildman–Crippen MR) is 178 cm³/mol. The summed E-state index contributed by atoms with van der Waals surface area (Å²) in [6.07, 6.45) is 0. The van der Waals surface area contributed by atoms with Crippen molar-refractivity contribution >= 4 is 53.9 Å². The second-order valence-electron chi connectivity index (χ2n) is 10.8. The van der Waals surface area contributed by atoms with Crippen molar-refractivity contribution in [1.29, 1.82) is 0 Å². The topological polar surface area (TPSA) is 18.5 Å². The zero-order valence-corrected chi connectivity index (χ0v) is 23.5. The van der Waals surface area contributed by atoms with Crippen LogP contribution in [0.2, 0.25) is 0 Å². The van der Waals surface area contributed by atoms with Gasteiger partial charge in [0.05, 0.1) is 14.2 Å². The normalized spacial score (nSPS) is 11.6. The molecule has 0 unspecified atom stereocenters. The molecule has 0 N–H and O–H groups in total. The number of rotatable bonds is 4. The van der Waals surface area contributed by atoms with Gasteiger partial charge in [0, 0.05) is 0 Å². The SMILES string of the molecule is COc1ccc2c(-c3ccccc3)cc3c4ccccc4c4cc(-c5ccccc5)c5ccc(OC)cc5c4c3c2c1. The van der Waals surface area contributed by atoms with Gasteiger partial charge in [0.15, 0.2) is 0 Å². The lowest BCUT2D eigenvalue weighted by Gasteiger charge is -2.20. The molecule has 0 saturated heterocycles. The first-order valence-corrected chi connectivity index (χ1v) is 14.3. The Bertz CT molecular complexity index is 2140. The van der Waals surface area contributed by atoms with Gasteiger partial charge in [-0.25, -0.2) is 0 Å². The van der Waals surface area contributed by atoms with Crippen molar-refractivity contribution in [3.8, 4) is 33.8 Å². The molecule has 8 aromatic rings. The Morgan fingerprint density at radius 2 is 0.714 bits per heavy atom. The molecular weight excluding hydrogens is 512 g/mol. The summed E-state index contributed by atoms with van der Waals surface area (Å²) in [5.74, 6) is 1.69. The largest absolute Gasteiger partial charge is 0.497 e. The summed E-state index contributed by atoms with van der Waals surface area (Å²) < 4.78 is 11.6. The van der Waals surface area contributed by atoms with E-state index in [0.29, 0.717) is 0 Å². The van der Waals surface area contributed by atoms with E-state index < -0.39 is 0 Å². The van der Waals surface area contributed by atoms with Crippen LogP contribution in [-0.2, 0) is 0 Å². The fourth-order valence-corrected chi connectivity index (χ4v) is 6.69. The van der Waals surface area contributed by atoms with Crippen molar-refractivity contribution in [2.75, 3.05) is 14.2 Å². The van der Waals surface area contributed by atoms with E-state index in [1.54, 1.807) is 14.2 Å². The summed E-state index contributed by atoms with van der Waals surface area (Å²) in [7, 11) is 3.48. The lowest BCUT2D eigenvalue weighted by atomic mass is 9.84. The lowest BCUT2D eigenvalue weighted by molar-refractivity contribution is 0.415. The van der Waals surface area contributed by atoms with E-state index in [1.807, 2.05) is 0 Å². The van der Waals surface area contributed by atoms with Crippen molar-refractivity contribution in [3.05, 3.63) is 133 Å². The van der Waals surface area contributed by atoms with E-state index in [4.69, 9.17) is 9.47 Å². The first-order valence-electron chi connectivity index (χ1n) is 14.3. The number of hydrogen-bond acceptors (Lipinski definition) is 2. The fraction of sp³-hybridized carbons (Fsp3) is 0.0500. The summed E-state index contributed by atoms with van der Waals surface area (Å²) in [5.41, 5.74) is 4.83. The highest BCUT2D eigenvalue weighted by atomic mass is 16.5. The molecule has 0 aliphatic rings. The van der Waals surface area contributed by atoms with Crippen LogP contribution in [0, 0.1) is 0 Å². The Morgan fingerprint density at radius 3 is 1.12 bits per heavy atom. The van der Waals surface area contributed by atoms with Gasteiger partial charge in [-0.05, 0) is 113 Å². The van der Waals surface area contributed by atoms with Crippen LogP contribution in [0.3, 0.4) is 0 Å². The standard InChI is InChI=1S/C40H28O2/c1-41-27-17-19-31-33(25-11-5-3-6-12-25)23-37-29-15-9-10-16-30(29)38-24-34(26-13-7-4-8-14-26)32-20-18-28(42-2)22-36(32)40(38)39(37)35(31)21-27/h3-24H,1-2H3. The van der Waals surface area contributed by atoms with E-state index in [9.17, 15) is 0 Å². The van der Waals surface area contributed by atoms with Crippen LogP contribution in [0.4, 0.5) is 0 Å². The van der Waals surface area contributed by atoms with Gasteiger partial charge in [0.25, 0.3) is 0 Å². The maximum Gasteiger partial charge on any atom is 0.119 e. The molecule has 42 heavy (non-hydrogen) atoms. The van der Waals surface area contributed by atoms with Crippen molar-refractivity contribution in [1.82, 2.24) is 0 Å². The van der Waals surface area contributed by atoms with E-state index >= 15 is 0 Å². The Kier molecular flexibility index (Phi) is 5.61. The van der Waals surface area contributed by atoms with Gasteiger partial charge in [0.2, 0.25) is 0 Å². The van der Waals surface area contributed by atoms with Crippen molar-refractivity contribution in [2.24, 2.45) is 0 Å². The van der Waals surface area contributed by atoms with Crippen LogP contribution in [0.5, 0.6) is 11.5 Å². The van der Waals surface area contributed by atoms with Crippen LogP contribution in [0.1, 0.15) is 0 Å². The van der Waals surface area contributed by atoms with Gasteiger partial charge in [0.1, 0.15) is 11.5 Å². The number of benzene rings is 8. The summed E-state index contributed by atoms with van der Waals surface area (Å²) in [5, 5.41) is 12.2. The molecule has 0 heterocycles. The molecule has 0 aromatic heterocycles.